The van der Waals surface area contributed by atoms with Crippen LogP contribution in [0.2, 0.25) is 0 Å². The van der Waals surface area contributed by atoms with Crippen molar-refractivity contribution in [3.8, 4) is 0 Å². The molecule has 0 aromatic carbocycles. The summed E-state index contributed by atoms with van der Waals surface area (Å²) in [6.45, 7) is 0. The van der Waals surface area contributed by atoms with Gasteiger partial charge in [0, 0.05) is 10.2 Å². The Labute approximate surface area is 63.7 Å². The Balaban J connectivity index is 2.23. The number of hydrogen-bond donors (Lipinski definition) is 0. The van der Waals surface area contributed by atoms with Crippen molar-refractivity contribution in [3.63, 3.8) is 0 Å². The Bertz CT molecular complexity index is 66.9. The van der Waals surface area contributed by atoms with E-state index in [1.54, 1.807) is 0 Å². The van der Waals surface area contributed by atoms with Crippen molar-refractivity contribution >= 4 is 27.5 Å². The molecule has 0 radical (unpaired) electrons. The molecule has 0 saturated heterocycles. The Morgan fingerprint density at radius 3 is 2.50 bits per heavy atom. The molecule has 1 rings (SSSR count). The van der Waals surface area contributed by atoms with E-state index in [0.29, 0.717) is 10.2 Å². The lowest BCUT2D eigenvalue weighted by molar-refractivity contribution is 0.528. The van der Waals surface area contributed by atoms with E-state index in [2.05, 4.69) is 15.9 Å². The lowest BCUT2D eigenvalue weighted by Crippen LogP contribution is -2.14. The predicted molar refractivity (Wildman–Crippen MR) is 40.8 cm³/mol. The van der Waals surface area contributed by atoms with Gasteiger partial charge in [-0.25, -0.2) is 0 Å². The maximum atomic E-state index is 5.88. The first-order chi connectivity index (χ1) is 3.79. The van der Waals surface area contributed by atoms with Crippen molar-refractivity contribution in [2.45, 2.75) is 35.9 Å². The molecule has 0 bridgehead atoms. The minimum Gasteiger partial charge on any atom is -0.123 e. The minimum atomic E-state index is 0.438. The van der Waals surface area contributed by atoms with Crippen molar-refractivity contribution in [1.29, 1.82) is 0 Å². The first-order valence-electron chi connectivity index (χ1n) is 3.07. The van der Waals surface area contributed by atoms with Gasteiger partial charge in [-0.05, 0) is 19.3 Å². The van der Waals surface area contributed by atoms with E-state index in [9.17, 15) is 0 Å². The largest absolute Gasteiger partial charge is 0.123 e. The molecule has 48 valence electrons. The Morgan fingerprint density at radius 2 is 2.12 bits per heavy atom. The van der Waals surface area contributed by atoms with Crippen LogP contribution in [0.5, 0.6) is 0 Å². The second kappa shape index (κ2) is 3.07. The second-order valence-electron chi connectivity index (χ2n) is 2.36. The fraction of sp³-hybridized carbons (Fsp3) is 1.00. The molecule has 8 heavy (non-hydrogen) atoms. The van der Waals surface area contributed by atoms with Gasteiger partial charge in [-0.3, -0.25) is 0 Å². The molecule has 0 spiro atoms. The Morgan fingerprint density at radius 1 is 1.38 bits per heavy atom. The zero-order valence-electron chi connectivity index (χ0n) is 4.74. The highest BCUT2D eigenvalue weighted by Gasteiger charge is 2.16. The first kappa shape index (κ1) is 6.88. The molecule has 1 aliphatic rings. The van der Waals surface area contributed by atoms with Crippen LogP contribution in [0.3, 0.4) is 0 Å². The van der Waals surface area contributed by atoms with Gasteiger partial charge in [-0.1, -0.05) is 22.4 Å². The summed E-state index contributed by atoms with van der Waals surface area (Å²) in [6.07, 6.45) is 4.97. The minimum absolute atomic E-state index is 0.438. The van der Waals surface area contributed by atoms with Crippen molar-refractivity contribution in [2.75, 3.05) is 0 Å². The predicted octanol–water partition coefficient (Wildman–Crippen LogP) is 2.93. The third kappa shape index (κ3) is 1.94. The van der Waals surface area contributed by atoms with Gasteiger partial charge in [0.1, 0.15) is 0 Å². The summed E-state index contributed by atoms with van der Waals surface area (Å²) in [5.74, 6) is 0. The lowest BCUT2D eigenvalue weighted by Gasteiger charge is -2.19. The fourth-order valence-corrected chi connectivity index (χ4v) is 2.43. The molecular weight excluding hydrogens is 187 g/mol. The molecule has 1 aliphatic carbocycles. The van der Waals surface area contributed by atoms with E-state index in [0.717, 1.165) is 6.42 Å². The van der Waals surface area contributed by atoms with Gasteiger partial charge in [0.15, 0.2) is 0 Å². The molecule has 0 nitrogen and oxygen atoms in total. The van der Waals surface area contributed by atoms with Crippen LogP contribution >= 0.6 is 27.5 Å². The number of rotatable bonds is 0. The Kier molecular flexibility index (Phi) is 2.64. The normalized spacial score (nSPS) is 39.8. The van der Waals surface area contributed by atoms with Crippen LogP contribution in [0.4, 0.5) is 0 Å². The molecule has 0 heterocycles. The standard InChI is InChI=1S/C6H10BrCl/c7-5-2-1-3-6(8)4-5/h5-6H,1-4H2/t5-,6+/m0/s1. The van der Waals surface area contributed by atoms with Crippen molar-refractivity contribution in [1.82, 2.24) is 0 Å². The quantitative estimate of drug-likeness (QED) is 0.524. The summed E-state index contributed by atoms with van der Waals surface area (Å²) in [5, 5.41) is 0.438. The maximum absolute atomic E-state index is 5.88. The molecule has 0 aromatic heterocycles. The van der Waals surface area contributed by atoms with Gasteiger partial charge < -0.3 is 0 Å². The molecule has 0 amide bonds. The van der Waals surface area contributed by atoms with E-state index in [1.165, 1.54) is 19.3 Å². The van der Waals surface area contributed by atoms with Crippen molar-refractivity contribution < 1.29 is 0 Å². The summed E-state index contributed by atoms with van der Waals surface area (Å²) in [6, 6.07) is 0. The zero-order valence-corrected chi connectivity index (χ0v) is 7.08. The average Bonchev–Trinajstić information content (AvgIpc) is 1.64. The SMILES string of the molecule is Cl[C@@H]1CCC[C@H](Br)C1. The number of hydrogen-bond acceptors (Lipinski definition) is 0. The van der Waals surface area contributed by atoms with Gasteiger partial charge in [-0.2, -0.15) is 0 Å². The van der Waals surface area contributed by atoms with Crippen LogP contribution in [0.1, 0.15) is 25.7 Å². The highest BCUT2D eigenvalue weighted by molar-refractivity contribution is 9.09. The monoisotopic (exact) mass is 196 g/mol. The summed E-state index contributed by atoms with van der Waals surface area (Å²) >= 11 is 9.43. The van der Waals surface area contributed by atoms with Crippen LogP contribution in [-0.2, 0) is 0 Å². The van der Waals surface area contributed by atoms with Crippen LogP contribution in [0, 0.1) is 0 Å². The van der Waals surface area contributed by atoms with E-state index in [1.807, 2.05) is 0 Å². The van der Waals surface area contributed by atoms with Crippen molar-refractivity contribution in [3.05, 3.63) is 0 Å². The summed E-state index contributed by atoms with van der Waals surface area (Å²) in [4.78, 5) is 0.693. The summed E-state index contributed by atoms with van der Waals surface area (Å²) in [7, 11) is 0. The third-order valence-corrected chi connectivity index (χ3v) is 2.77. The second-order valence-corrected chi connectivity index (χ2v) is 4.27. The smallest absolute Gasteiger partial charge is 0.0346 e. The van der Waals surface area contributed by atoms with Gasteiger partial charge in [0.2, 0.25) is 0 Å². The first-order valence-corrected chi connectivity index (χ1v) is 4.42. The molecule has 0 unspecified atom stereocenters. The van der Waals surface area contributed by atoms with Crippen LogP contribution in [0.15, 0.2) is 0 Å². The highest BCUT2D eigenvalue weighted by Crippen LogP contribution is 2.27. The van der Waals surface area contributed by atoms with Gasteiger partial charge in [0.05, 0.1) is 0 Å². The summed E-state index contributed by atoms with van der Waals surface area (Å²) < 4.78 is 0. The van der Waals surface area contributed by atoms with E-state index in [4.69, 9.17) is 11.6 Å². The van der Waals surface area contributed by atoms with Gasteiger partial charge >= 0.3 is 0 Å². The third-order valence-electron chi connectivity index (χ3n) is 1.55. The van der Waals surface area contributed by atoms with Gasteiger partial charge in [-0.15, -0.1) is 11.6 Å². The highest BCUT2D eigenvalue weighted by atomic mass is 79.9. The fourth-order valence-electron chi connectivity index (χ4n) is 1.07. The topological polar surface area (TPSA) is 0 Å². The zero-order chi connectivity index (χ0) is 5.98. The lowest BCUT2D eigenvalue weighted by atomic mass is 10.0. The van der Waals surface area contributed by atoms with Crippen molar-refractivity contribution in [2.24, 2.45) is 0 Å². The molecule has 2 atom stereocenters. The Hall–Kier alpha value is 0.770. The molecule has 0 N–H and O–H groups in total. The molecule has 1 fully saturated rings. The maximum Gasteiger partial charge on any atom is 0.0346 e. The summed E-state index contributed by atoms with van der Waals surface area (Å²) in [5.41, 5.74) is 0. The van der Waals surface area contributed by atoms with E-state index < -0.39 is 0 Å². The van der Waals surface area contributed by atoms with Crippen LogP contribution < -0.4 is 0 Å². The van der Waals surface area contributed by atoms with E-state index >= 15 is 0 Å². The molecule has 0 aliphatic heterocycles. The number of alkyl halides is 2. The van der Waals surface area contributed by atoms with Gasteiger partial charge in [0.25, 0.3) is 0 Å². The van der Waals surface area contributed by atoms with Crippen LogP contribution in [-0.4, -0.2) is 10.2 Å². The number of halogens is 2. The molecular formula is C6H10BrCl. The molecule has 0 aromatic rings. The average molecular weight is 198 g/mol. The van der Waals surface area contributed by atoms with Crippen LogP contribution in [0.25, 0.3) is 0 Å². The molecule has 1 saturated carbocycles. The molecule has 2 heteroatoms. The van der Waals surface area contributed by atoms with E-state index in [-0.39, 0.29) is 0 Å².